The Morgan fingerprint density at radius 2 is 1.23 bits per heavy atom. The molecule has 0 saturated heterocycles. The maximum atomic E-state index is 2.53. The first-order valence-electron chi connectivity index (χ1n) is 14.1. The molecule has 2 aliphatic carbocycles. The van der Waals surface area contributed by atoms with Gasteiger partial charge in [0.15, 0.2) is 0 Å². The van der Waals surface area contributed by atoms with Gasteiger partial charge in [-0.1, -0.05) is 97.1 Å². The number of aromatic nitrogens is 2. The average molecular weight is 511 g/mol. The Morgan fingerprint density at radius 1 is 0.550 bits per heavy atom. The molecule has 1 atom stereocenters. The Labute approximate surface area is 232 Å². The summed E-state index contributed by atoms with van der Waals surface area (Å²) in [5.41, 5.74) is 9.14. The van der Waals surface area contributed by atoms with Crippen LogP contribution >= 0.6 is 0 Å². The van der Waals surface area contributed by atoms with Gasteiger partial charge in [-0.25, -0.2) is 0 Å². The van der Waals surface area contributed by atoms with E-state index in [4.69, 9.17) is 0 Å². The van der Waals surface area contributed by atoms with Crippen molar-refractivity contribution in [1.29, 1.82) is 0 Å². The highest BCUT2D eigenvalue weighted by Crippen LogP contribution is 2.39. The first kappa shape index (κ1) is 21.8. The molecule has 2 aliphatic rings. The Kier molecular flexibility index (Phi) is 4.48. The molecule has 9 rings (SSSR count). The van der Waals surface area contributed by atoms with Crippen molar-refractivity contribution in [1.82, 2.24) is 9.13 Å². The second-order valence-electron chi connectivity index (χ2n) is 11.0. The zero-order valence-corrected chi connectivity index (χ0v) is 22.0. The normalized spacial score (nSPS) is 15.7. The molecule has 0 bridgehead atoms. The molecule has 40 heavy (non-hydrogen) atoms. The van der Waals surface area contributed by atoms with Gasteiger partial charge in [0.2, 0.25) is 0 Å². The fourth-order valence-corrected chi connectivity index (χ4v) is 7.08. The summed E-state index contributed by atoms with van der Waals surface area (Å²) in [4.78, 5) is 0. The monoisotopic (exact) mass is 510 g/mol. The lowest BCUT2D eigenvalue weighted by Crippen LogP contribution is -2.34. The highest BCUT2D eigenvalue weighted by Gasteiger charge is 2.28. The summed E-state index contributed by atoms with van der Waals surface area (Å²) in [5.74, 6) is 0.310. The lowest BCUT2D eigenvalue weighted by Gasteiger charge is -2.24. The van der Waals surface area contributed by atoms with Crippen molar-refractivity contribution < 1.29 is 0 Å². The Hall–Kier alpha value is -5.08. The van der Waals surface area contributed by atoms with E-state index in [1.807, 2.05) is 0 Å². The molecule has 1 unspecified atom stereocenters. The highest BCUT2D eigenvalue weighted by molar-refractivity contribution is 5.97. The van der Waals surface area contributed by atoms with E-state index in [9.17, 15) is 0 Å². The van der Waals surface area contributed by atoms with E-state index in [1.165, 1.54) is 71.4 Å². The molecule has 2 heteroatoms. The van der Waals surface area contributed by atoms with Gasteiger partial charge in [-0.3, -0.25) is 0 Å². The highest BCUT2D eigenvalue weighted by atomic mass is 15.0. The molecule has 0 N–H and O–H groups in total. The molecule has 0 fully saturated rings. The van der Waals surface area contributed by atoms with Crippen LogP contribution in [0, 0.1) is 5.92 Å². The number of fused-ring (bicyclic) bond motifs is 8. The summed E-state index contributed by atoms with van der Waals surface area (Å²) in [6, 6.07) is 43.9. The lowest BCUT2D eigenvalue weighted by atomic mass is 9.83. The Morgan fingerprint density at radius 3 is 2.08 bits per heavy atom. The summed E-state index contributed by atoms with van der Waals surface area (Å²) in [5, 5.41) is 7.79. The molecule has 0 spiro atoms. The van der Waals surface area contributed by atoms with Crippen molar-refractivity contribution >= 4 is 50.8 Å². The van der Waals surface area contributed by atoms with E-state index >= 15 is 0 Å². The van der Waals surface area contributed by atoms with Crippen LogP contribution in [0.25, 0.3) is 62.2 Å². The average Bonchev–Trinajstić information content (AvgIpc) is 3.51. The van der Waals surface area contributed by atoms with Gasteiger partial charge in [0.1, 0.15) is 0 Å². The Bertz CT molecular complexity index is 2290. The molecule has 2 aromatic heterocycles. The second kappa shape index (κ2) is 8.21. The molecule has 0 amide bonds. The van der Waals surface area contributed by atoms with Crippen LogP contribution in [-0.2, 0) is 6.42 Å². The standard InChI is InChI=1S/C38H26N2/c1-2-13-28(14-3-1)39-35-18-8-6-16-30(35)32-21-26-22-33-31-17-7-9-19-36(31)40(38(33)24-27(26)23-37(32)39)34-20-10-12-25-11-4-5-15-29(25)34/h1-22,24,27H,23H2. The topological polar surface area (TPSA) is 9.86 Å². The minimum Gasteiger partial charge on any atom is -0.313 e. The summed E-state index contributed by atoms with van der Waals surface area (Å²) in [7, 11) is 0. The number of allylic oxidation sites excluding steroid dienone is 1. The van der Waals surface area contributed by atoms with Gasteiger partial charge in [-0.2, -0.15) is 0 Å². The molecule has 0 saturated carbocycles. The summed E-state index contributed by atoms with van der Waals surface area (Å²) < 4.78 is 4.96. The van der Waals surface area contributed by atoms with E-state index < -0.39 is 0 Å². The molecular formula is C38H26N2. The van der Waals surface area contributed by atoms with Gasteiger partial charge in [0.05, 0.1) is 22.1 Å². The molecule has 0 aliphatic heterocycles. The Balaban J connectivity index is 1.34. The van der Waals surface area contributed by atoms with Gasteiger partial charge < -0.3 is 9.13 Å². The van der Waals surface area contributed by atoms with Crippen LogP contribution in [0.5, 0.6) is 0 Å². The first-order chi connectivity index (χ1) is 19.8. The molecule has 0 radical (unpaired) electrons. The number of nitrogens with zero attached hydrogens (tertiary/aromatic N) is 2. The molecule has 5 aromatic carbocycles. The van der Waals surface area contributed by atoms with Crippen LogP contribution in [0.3, 0.4) is 0 Å². The third-order valence-electron chi connectivity index (χ3n) is 8.81. The molecule has 188 valence electrons. The van der Waals surface area contributed by atoms with Crippen molar-refractivity contribution in [2.45, 2.75) is 6.42 Å². The van der Waals surface area contributed by atoms with Crippen LogP contribution < -0.4 is 10.6 Å². The zero-order valence-electron chi connectivity index (χ0n) is 22.0. The number of benzene rings is 5. The minimum atomic E-state index is 0.310. The third kappa shape index (κ3) is 2.99. The smallest absolute Gasteiger partial charge is 0.0541 e. The lowest BCUT2D eigenvalue weighted by molar-refractivity contribution is 0.760. The van der Waals surface area contributed by atoms with Crippen molar-refractivity contribution in [2.75, 3.05) is 0 Å². The summed E-state index contributed by atoms with van der Waals surface area (Å²) >= 11 is 0. The van der Waals surface area contributed by atoms with Gasteiger partial charge in [-0.05, 0) is 59.9 Å². The van der Waals surface area contributed by atoms with Crippen LogP contribution in [0.15, 0.2) is 127 Å². The predicted octanol–water partition coefficient (Wildman–Crippen LogP) is 7.56. The maximum Gasteiger partial charge on any atom is 0.0541 e. The molecule has 2 heterocycles. The maximum absolute atomic E-state index is 2.53. The van der Waals surface area contributed by atoms with Gasteiger partial charge in [0.25, 0.3) is 0 Å². The summed E-state index contributed by atoms with van der Waals surface area (Å²) in [6.07, 6.45) is 8.41. The van der Waals surface area contributed by atoms with Crippen molar-refractivity contribution in [3.8, 4) is 11.4 Å². The number of rotatable bonds is 2. The number of para-hydroxylation sites is 3. The van der Waals surface area contributed by atoms with Crippen LogP contribution in [0.1, 0.15) is 11.3 Å². The fraction of sp³-hybridized carbons (Fsp3) is 0.0526. The van der Waals surface area contributed by atoms with Crippen LogP contribution in [0.4, 0.5) is 0 Å². The fourth-order valence-electron chi connectivity index (χ4n) is 7.08. The van der Waals surface area contributed by atoms with E-state index in [-0.39, 0.29) is 0 Å². The van der Waals surface area contributed by atoms with Gasteiger partial charge in [0, 0.05) is 44.2 Å². The number of hydrogen-bond donors (Lipinski definition) is 0. The van der Waals surface area contributed by atoms with E-state index in [1.54, 1.807) is 0 Å². The van der Waals surface area contributed by atoms with E-state index in [0.717, 1.165) is 6.42 Å². The van der Waals surface area contributed by atoms with Gasteiger partial charge >= 0.3 is 0 Å². The quantitative estimate of drug-likeness (QED) is 0.227. The predicted molar refractivity (Wildman–Crippen MR) is 167 cm³/mol. The largest absolute Gasteiger partial charge is 0.313 e. The van der Waals surface area contributed by atoms with Crippen molar-refractivity contribution in [3.05, 3.63) is 149 Å². The summed E-state index contributed by atoms with van der Waals surface area (Å²) in [6.45, 7) is 0. The van der Waals surface area contributed by atoms with E-state index in [0.29, 0.717) is 5.92 Å². The molecular weight excluding hydrogens is 484 g/mol. The first-order valence-corrected chi connectivity index (χ1v) is 14.1. The van der Waals surface area contributed by atoms with Gasteiger partial charge in [-0.15, -0.1) is 0 Å². The SMILES string of the molecule is C1=C2C=c3c(n(-c4cccc5ccccc45)c4ccccc34)=CC2Cc2c1c1ccccc1n2-c1ccccc1. The number of hydrogen-bond acceptors (Lipinski definition) is 0. The second-order valence-corrected chi connectivity index (χ2v) is 11.0. The minimum absolute atomic E-state index is 0.310. The third-order valence-corrected chi connectivity index (χ3v) is 8.81. The van der Waals surface area contributed by atoms with Crippen LogP contribution in [-0.4, -0.2) is 9.13 Å². The molecule has 7 aromatic rings. The van der Waals surface area contributed by atoms with E-state index in [2.05, 4.69) is 149 Å². The van der Waals surface area contributed by atoms with Crippen molar-refractivity contribution in [2.24, 2.45) is 5.92 Å². The van der Waals surface area contributed by atoms with Crippen molar-refractivity contribution in [3.63, 3.8) is 0 Å². The molecule has 2 nitrogen and oxygen atoms in total. The van der Waals surface area contributed by atoms with Crippen LogP contribution in [0.2, 0.25) is 0 Å². The zero-order chi connectivity index (χ0) is 26.2.